The Kier molecular flexibility index (Phi) is 4.43. The minimum Gasteiger partial charge on any atom is -0.361 e. The largest absolute Gasteiger partial charge is 0.361 e. The first-order valence-corrected chi connectivity index (χ1v) is 5.47. The van der Waals surface area contributed by atoms with Crippen molar-refractivity contribution in [2.24, 2.45) is 0 Å². The van der Waals surface area contributed by atoms with Crippen LogP contribution in [0.4, 0.5) is 0 Å². The molecule has 0 bridgehead atoms. The summed E-state index contributed by atoms with van der Waals surface area (Å²) in [5.74, 6) is 0.309. The monoisotopic (exact) mass is 184 g/mol. The zero-order chi connectivity index (χ0) is 9.68. The molecule has 1 aliphatic rings. The van der Waals surface area contributed by atoms with Gasteiger partial charge in [0.1, 0.15) is 6.10 Å². The van der Waals surface area contributed by atoms with Crippen molar-refractivity contribution >= 4 is 5.78 Å². The van der Waals surface area contributed by atoms with Gasteiger partial charge in [0.2, 0.25) is 0 Å². The molecule has 0 saturated carbocycles. The summed E-state index contributed by atoms with van der Waals surface area (Å²) >= 11 is 0. The van der Waals surface area contributed by atoms with Crippen molar-refractivity contribution in [3.05, 3.63) is 0 Å². The van der Waals surface area contributed by atoms with E-state index in [1.165, 1.54) is 19.3 Å². The second-order valence-corrected chi connectivity index (χ2v) is 3.81. The third kappa shape index (κ3) is 3.47. The number of hydrogen-bond acceptors (Lipinski definition) is 2. The molecule has 0 radical (unpaired) electrons. The maximum absolute atomic E-state index is 11.3. The molecule has 1 aliphatic heterocycles. The van der Waals surface area contributed by atoms with Crippen LogP contribution in [0.3, 0.4) is 0 Å². The van der Waals surface area contributed by atoms with E-state index >= 15 is 0 Å². The molecule has 1 saturated heterocycles. The summed E-state index contributed by atoms with van der Waals surface area (Å²) in [4.78, 5) is 11.3. The summed E-state index contributed by atoms with van der Waals surface area (Å²) in [6.45, 7) is 4.22. The van der Waals surface area contributed by atoms with E-state index in [0.29, 0.717) is 12.2 Å². The van der Waals surface area contributed by atoms with Gasteiger partial charge in [-0.15, -0.1) is 0 Å². The van der Waals surface area contributed by atoms with E-state index < -0.39 is 0 Å². The molecule has 1 heterocycles. The Morgan fingerprint density at radius 3 is 2.62 bits per heavy atom. The van der Waals surface area contributed by atoms with E-state index in [0.717, 1.165) is 12.8 Å². The minimum absolute atomic E-state index is 0.0307. The lowest BCUT2D eigenvalue weighted by Crippen LogP contribution is -2.08. The van der Waals surface area contributed by atoms with Crippen molar-refractivity contribution < 1.29 is 9.53 Å². The Balaban J connectivity index is 2.04. The second-order valence-electron chi connectivity index (χ2n) is 3.81. The van der Waals surface area contributed by atoms with Crippen molar-refractivity contribution in [1.82, 2.24) is 0 Å². The first kappa shape index (κ1) is 10.7. The highest BCUT2D eigenvalue weighted by atomic mass is 16.6. The fourth-order valence-electron chi connectivity index (χ4n) is 1.63. The van der Waals surface area contributed by atoms with Crippen LogP contribution >= 0.6 is 0 Å². The summed E-state index contributed by atoms with van der Waals surface area (Å²) in [6, 6.07) is 0. The number of Topliss-reactive ketones (excluding diaryl/α,β-unsaturated/α-hetero) is 1. The highest BCUT2D eigenvalue weighted by Crippen LogP contribution is 2.29. The van der Waals surface area contributed by atoms with Crippen LogP contribution in [-0.4, -0.2) is 18.0 Å². The molecule has 2 heteroatoms. The topological polar surface area (TPSA) is 29.6 Å². The standard InChI is InChI=1S/C11H20O2/c1-3-5-6-8-10-11(13-10)9(12)7-4-2/h10-11H,3-8H2,1-2H3/t10-,11-/m1/s1. The van der Waals surface area contributed by atoms with Crippen LogP contribution in [0, 0.1) is 0 Å². The van der Waals surface area contributed by atoms with Gasteiger partial charge < -0.3 is 4.74 Å². The normalized spacial score (nSPS) is 26.0. The van der Waals surface area contributed by atoms with E-state index in [2.05, 4.69) is 6.92 Å². The molecule has 0 aliphatic carbocycles. The molecule has 0 spiro atoms. The van der Waals surface area contributed by atoms with Gasteiger partial charge >= 0.3 is 0 Å². The maximum Gasteiger partial charge on any atom is 0.164 e. The molecule has 0 aromatic heterocycles. The predicted molar refractivity (Wildman–Crippen MR) is 52.7 cm³/mol. The van der Waals surface area contributed by atoms with Crippen molar-refractivity contribution in [1.29, 1.82) is 0 Å². The Labute approximate surface area is 80.7 Å². The van der Waals surface area contributed by atoms with E-state index in [1.54, 1.807) is 0 Å². The van der Waals surface area contributed by atoms with Crippen LogP contribution in [0.25, 0.3) is 0 Å². The smallest absolute Gasteiger partial charge is 0.164 e. The number of unbranched alkanes of at least 4 members (excludes halogenated alkanes) is 2. The van der Waals surface area contributed by atoms with Crippen molar-refractivity contribution in [2.75, 3.05) is 0 Å². The van der Waals surface area contributed by atoms with Crippen molar-refractivity contribution in [3.8, 4) is 0 Å². The zero-order valence-electron chi connectivity index (χ0n) is 8.71. The van der Waals surface area contributed by atoms with E-state index in [1.807, 2.05) is 6.92 Å². The number of carbonyl (C=O) groups excluding carboxylic acids is 1. The van der Waals surface area contributed by atoms with E-state index in [-0.39, 0.29) is 12.2 Å². The highest BCUT2D eigenvalue weighted by molar-refractivity contribution is 5.85. The number of hydrogen-bond donors (Lipinski definition) is 0. The van der Waals surface area contributed by atoms with E-state index in [9.17, 15) is 4.79 Å². The molecule has 0 unspecified atom stereocenters. The van der Waals surface area contributed by atoms with Crippen LogP contribution in [0.15, 0.2) is 0 Å². The first-order valence-electron chi connectivity index (χ1n) is 5.47. The minimum atomic E-state index is -0.0307. The number of epoxide rings is 1. The number of carbonyl (C=O) groups is 1. The molecule has 0 N–H and O–H groups in total. The molecule has 2 nitrogen and oxygen atoms in total. The van der Waals surface area contributed by atoms with Crippen LogP contribution in [-0.2, 0) is 9.53 Å². The summed E-state index contributed by atoms with van der Waals surface area (Å²) in [5, 5.41) is 0. The maximum atomic E-state index is 11.3. The van der Waals surface area contributed by atoms with Crippen LogP contribution in [0.2, 0.25) is 0 Å². The number of ether oxygens (including phenoxy) is 1. The molecular formula is C11H20O2. The molecule has 76 valence electrons. The first-order chi connectivity index (χ1) is 6.29. The molecule has 0 amide bonds. The lowest BCUT2D eigenvalue weighted by molar-refractivity contribution is -0.120. The Bertz CT molecular complexity index is 165. The second kappa shape index (κ2) is 5.38. The average Bonchev–Trinajstić information content (AvgIpc) is 2.85. The van der Waals surface area contributed by atoms with Gasteiger partial charge in [0.15, 0.2) is 5.78 Å². The molecule has 0 aromatic rings. The molecule has 13 heavy (non-hydrogen) atoms. The van der Waals surface area contributed by atoms with Gasteiger partial charge in [-0.25, -0.2) is 0 Å². The Morgan fingerprint density at radius 1 is 1.23 bits per heavy atom. The highest BCUT2D eigenvalue weighted by Gasteiger charge is 2.42. The molecule has 1 fully saturated rings. The average molecular weight is 184 g/mol. The molecular weight excluding hydrogens is 164 g/mol. The fraction of sp³-hybridized carbons (Fsp3) is 0.909. The lowest BCUT2D eigenvalue weighted by Gasteiger charge is -1.94. The van der Waals surface area contributed by atoms with Gasteiger partial charge in [0.05, 0.1) is 6.10 Å². The predicted octanol–water partition coefficient (Wildman–Crippen LogP) is 2.70. The molecule has 1 rings (SSSR count). The molecule has 0 aromatic carbocycles. The Morgan fingerprint density at radius 2 is 2.00 bits per heavy atom. The lowest BCUT2D eigenvalue weighted by atomic mass is 10.1. The number of rotatable bonds is 7. The number of ketones is 1. The van der Waals surface area contributed by atoms with Crippen molar-refractivity contribution in [3.63, 3.8) is 0 Å². The van der Waals surface area contributed by atoms with Crippen molar-refractivity contribution in [2.45, 2.75) is 64.6 Å². The van der Waals surface area contributed by atoms with Crippen LogP contribution in [0.1, 0.15) is 52.4 Å². The van der Waals surface area contributed by atoms with Crippen LogP contribution < -0.4 is 0 Å². The summed E-state index contributed by atoms with van der Waals surface area (Å²) in [6.07, 6.45) is 6.65. The van der Waals surface area contributed by atoms with Gasteiger partial charge in [-0.2, -0.15) is 0 Å². The summed E-state index contributed by atoms with van der Waals surface area (Å²) < 4.78 is 5.33. The van der Waals surface area contributed by atoms with Gasteiger partial charge in [-0.3, -0.25) is 4.79 Å². The SMILES string of the molecule is CCCCC[C@H]1O[C@@H]1C(=O)CCC. The van der Waals surface area contributed by atoms with Gasteiger partial charge in [0.25, 0.3) is 0 Å². The third-order valence-corrected chi connectivity index (χ3v) is 2.49. The van der Waals surface area contributed by atoms with Gasteiger partial charge in [-0.05, 0) is 12.8 Å². The van der Waals surface area contributed by atoms with E-state index in [4.69, 9.17) is 4.74 Å². The fourth-order valence-corrected chi connectivity index (χ4v) is 1.63. The third-order valence-electron chi connectivity index (χ3n) is 2.49. The summed E-state index contributed by atoms with van der Waals surface area (Å²) in [7, 11) is 0. The summed E-state index contributed by atoms with van der Waals surface area (Å²) in [5.41, 5.74) is 0. The van der Waals surface area contributed by atoms with Gasteiger partial charge in [-0.1, -0.05) is 33.1 Å². The van der Waals surface area contributed by atoms with Gasteiger partial charge in [0, 0.05) is 6.42 Å². The molecule has 2 atom stereocenters. The quantitative estimate of drug-likeness (QED) is 0.449. The van der Waals surface area contributed by atoms with Crippen LogP contribution in [0.5, 0.6) is 0 Å². The Hall–Kier alpha value is -0.370. The zero-order valence-corrected chi connectivity index (χ0v) is 8.71.